The first-order chi connectivity index (χ1) is 24.4. The molecule has 2 amide bonds. The van der Waals surface area contributed by atoms with Gasteiger partial charge in [0.15, 0.2) is 11.9 Å². The van der Waals surface area contributed by atoms with Crippen molar-refractivity contribution in [2.75, 3.05) is 65.1 Å². The van der Waals surface area contributed by atoms with E-state index >= 15 is 0 Å². The summed E-state index contributed by atoms with van der Waals surface area (Å²) in [5, 5.41) is 4.49. The van der Waals surface area contributed by atoms with Gasteiger partial charge in [-0.1, -0.05) is 30.3 Å². The van der Waals surface area contributed by atoms with Gasteiger partial charge < -0.3 is 25.2 Å². The zero-order valence-electron chi connectivity index (χ0n) is 28.6. The number of anilines is 1. The molecule has 0 aliphatic carbocycles. The van der Waals surface area contributed by atoms with E-state index in [-0.39, 0.29) is 41.3 Å². The number of carbonyl (C=O) groups is 2. The lowest BCUT2D eigenvalue weighted by Gasteiger charge is -2.39. The van der Waals surface area contributed by atoms with E-state index in [1.165, 1.54) is 15.6 Å². The summed E-state index contributed by atoms with van der Waals surface area (Å²) in [6.45, 7) is 5.39. The highest BCUT2D eigenvalue weighted by Crippen LogP contribution is 2.38. The number of amides is 2. The molecule has 1 aromatic heterocycles. The summed E-state index contributed by atoms with van der Waals surface area (Å²) in [6, 6.07) is 11.7. The van der Waals surface area contributed by atoms with E-state index in [1.54, 1.807) is 4.90 Å². The molecule has 2 aromatic carbocycles. The van der Waals surface area contributed by atoms with Crippen LogP contribution in [0.25, 0.3) is 11.4 Å². The van der Waals surface area contributed by atoms with Crippen LogP contribution in [0.2, 0.25) is 0 Å². The molecule has 3 saturated heterocycles. The number of halogens is 4. The second-order valence-corrected chi connectivity index (χ2v) is 14.5. The number of nitrogens with two attached hydrogens (primary N) is 1. The highest BCUT2D eigenvalue weighted by molar-refractivity contribution is 9.10. The zero-order valence-corrected chi connectivity index (χ0v) is 30.2. The van der Waals surface area contributed by atoms with Gasteiger partial charge in [0.05, 0.1) is 17.3 Å². The van der Waals surface area contributed by atoms with Gasteiger partial charge in [0.2, 0.25) is 0 Å². The number of hydrogen-bond donors (Lipinski definition) is 2. The Morgan fingerprint density at radius 1 is 0.961 bits per heavy atom. The number of carbonyl (C=O) groups excluding carboxylic acids is 2. The smallest absolute Gasteiger partial charge is 0.418 e. The first-order valence-corrected chi connectivity index (χ1v) is 18.2. The van der Waals surface area contributed by atoms with Gasteiger partial charge in [-0.05, 0) is 85.9 Å². The molecule has 51 heavy (non-hydrogen) atoms. The summed E-state index contributed by atoms with van der Waals surface area (Å²) in [4.78, 5) is 51.1. The molecule has 4 heterocycles. The standard InChI is InChI=1S/C35H44BrF3N8O4/c1-43-12-5-13-44(19-18-43)25-8-14-45(15-9-25)32(48)29(22-23-20-27(35(37,38)39)30(40)28(36)21-23)51-34(50)46-16-10-26(11-17-46)47-33(49)41-31(42-47)24-6-3-2-4-7-24/h2-4,6-7,20-21,25-26,29H,5,8-19,22,40H2,1H3,(H,41,42,49)/t29-/m1/s1. The molecule has 3 N–H and O–H groups in total. The molecule has 0 unspecified atom stereocenters. The number of rotatable bonds is 7. The van der Waals surface area contributed by atoms with Crippen LogP contribution in [0.5, 0.6) is 0 Å². The zero-order chi connectivity index (χ0) is 36.3. The van der Waals surface area contributed by atoms with Crippen molar-refractivity contribution in [1.82, 2.24) is 34.4 Å². The van der Waals surface area contributed by atoms with Crippen LogP contribution < -0.4 is 11.4 Å². The van der Waals surface area contributed by atoms with E-state index in [9.17, 15) is 27.6 Å². The van der Waals surface area contributed by atoms with Crippen LogP contribution in [0.1, 0.15) is 49.3 Å². The van der Waals surface area contributed by atoms with Gasteiger partial charge in [0.1, 0.15) is 0 Å². The largest absolute Gasteiger partial charge is 0.436 e. The summed E-state index contributed by atoms with van der Waals surface area (Å²) in [7, 11) is 2.12. The van der Waals surface area contributed by atoms with Crippen molar-refractivity contribution in [2.45, 2.75) is 62.9 Å². The van der Waals surface area contributed by atoms with Crippen molar-refractivity contribution >= 4 is 33.6 Å². The number of aromatic nitrogens is 3. The average molecular weight is 778 g/mol. The topological polar surface area (TPSA) is 133 Å². The van der Waals surface area contributed by atoms with Crippen LogP contribution in [-0.4, -0.2) is 118 Å². The van der Waals surface area contributed by atoms with Crippen LogP contribution >= 0.6 is 15.9 Å². The number of ether oxygens (including phenoxy) is 1. The molecule has 1 atom stereocenters. The Bertz CT molecular complexity index is 1740. The lowest BCUT2D eigenvalue weighted by atomic mass is 9.99. The predicted octanol–water partition coefficient (Wildman–Crippen LogP) is 4.62. The van der Waals surface area contributed by atoms with Crippen LogP contribution in [0, 0.1) is 0 Å². The fourth-order valence-electron chi connectivity index (χ4n) is 7.31. The number of aromatic amines is 1. The van der Waals surface area contributed by atoms with Gasteiger partial charge in [-0.15, -0.1) is 5.10 Å². The summed E-state index contributed by atoms with van der Waals surface area (Å²) in [5.41, 5.74) is 4.84. The third-order valence-corrected chi connectivity index (χ3v) is 10.9. The minimum atomic E-state index is -4.72. The molecule has 0 bridgehead atoms. The first kappa shape index (κ1) is 36.9. The average Bonchev–Trinajstić information content (AvgIpc) is 3.38. The monoisotopic (exact) mass is 776 g/mol. The summed E-state index contributed by atoms with van der Waals surface area (Å²) in [5.74, 6) is 0.0140. The molecular formula is C35H44BrF3N8O4. The number of likely N-dealkylation sites (N-methyl/N-ethyl adjacent to an activating group) is 1. The Balaban J connectivity index is 1.14. The summed E-state index contributed by atoms with van der Waals surface area (Å²) in [6.07, 6.45) is -3.62. The molecule has 0 spiro atoms. The number of alkyl halides is 3. The Hall–Kier alpha value is -3.89. The van der Waals surface area contributed by atoms with Gasteiger partial charge in [-0.25, -0.2) is 14.3 Å². The van der Waals surface area contributed by atoms with E-state index in [4.69, 9.17) is 10.5 Å². The van der Waals surface area contributed by atoms with Crippen molar-refractivity contribution in [3.05, 3.63) is 68.5 Å². The lowest BCUT2D eigenvalue weighted by Crippen LogP contribution is -2.51. The number of H-pyrrole nitrogens is 1. The van der Waals surface area contributed by atoms with Gasteiger partial charge in [0.25, 0.3) is 5.91 Å². The van der Waals surface area contributed by atoms with Gasteiger partial charge in [-0.3, -0.25) is 14.7 Å². The molecule has 3 fully saturated rings. The van der Waals surface area contributed by atoms with E-state index in [2.05, 4.69) is 42.9 Å². The van der Waals surface area contributed by atoms with E-state index < -0.39 is 35.5 Å². The Morgan fingerprint density at radius 3 is 2.31 bits per heavy atom. The number of nitrogen functional groups attached to an aromatic ring is 1. The van der Waals surface area contributed by atoms with Crippen LogP contribution in [0.15, 0.2) is 51.7 Å². The number of benzene rings is 2. The number of piperidine rings is 2. The van der Waals surface area contributed by atoms with Crippen molar-refractivity contribution in [3.63, 3.8) is 0 Å². The maximum absolute atomic E-state index is 14.0. The number of nitrogens with zero attached hydrogens (tertiary/aromatic N) is 6. The molecule has 3 aromatic rings. The van der Waals surface area contributed by atoms with Crippen LogP contribution in [0.3, 0.4) is 0 Å². The molecule has 6 rings (SSSR count). The molecule has 0 radical (unpaired) electrons. The minimum Gasteiger partial charge on any atom is -0.436 e. The fraction of sp³-hybridized carbons (Fsp3) is 0.543. The highest BCUT2D eigenvalue weighted by Gasteiger charge is 2.37. The Labute approximate surface area is 302 Å². The van der Waals surface area contributed by atoms with E-state index in [0.29, 0.717) is 37.8 Å². The normalized spacial score (nSPS) is 19.5. The lowest BCUT2D eigenvalue weighted by molar-refractivity contribution is -0.142. The third-order valence-electron chi connectivity index (χ3n) is 10.2. The maximum atomic E-state index is 14.0. The van der Waals surface area contributed by atoms with Crippen molar-refractivity contribution < 1.29 is 27.5 Å². The van der Waals surface area contributed by atoms with Crippen molar-refractivity contribution in [2.24, 2.45) is 0 Å². The summed E-state index contributed by atoms with van der Waals surface area (Å²) < 4.78 is 48.9. The highest BCUT2D eigenvalue weighted by atomic mass is 79.9. The summed E-state index contributed by atoms with van der Waals surface area (Å²) >= 11 is 3.13. The molecule has 0 saturated carbocycles. The number of likely N-dealkylation sites (tertiary alicyclic amines) is 2. The van der Waals surface area contributed by atoms with E-state index in [0.717, 1.165) is 57.1 Å². The third kappa shape index (κ3) is 8.78. The van der Waals surface area contributed by atoms with Gasteiger partial charge in [-0.2, -0.15) is 13.2 Å². The fourth-order valence-corrected chi connectivity index (χ4v) is 7.81. The van der Waals surface area contributed by atoms with Crippen molar-refractivity contribution in [3.8, 4) is 11.4 Å². The molecule has 3 aliphatic heterocycles. The maximum Gasteiger partial charge on any atom is 0.418 e. The molecule has 16 heteroatoms. The number of hydrogen-bond acceptors (Lipinski definition) is 8. The quantitative estimate of drug-likeness (QED) is 0.333. The van der Waals surface area contributed by atoms with Crippen LogP contribution in [0.4, 0.5) is 23.7 Å². The predicted molar refractivity (Wildman–Crippen MR) is 189 cm³/mol. The van der Waals surface area contributed by atoms with Gasteiger partial charge >= 0.3 is 18.0 Å². The second-order valence-electron chi connectivity index (χ2n) is 13.7. The number of nitrogens with one attached hydrogen (secondary N) is 1. The molecule has 276 valence electrons. The Morgan fingerprint density at radius 2 is 1.63 bits per heavy atom. The first-order valence-electron chi connectivity index (χ1n) is 17.4. The SMILES string of the molecule is CN1CCCN(C2CCN(C(=O)[C@@H](Cc3cc(Br)c(N)c(C(F)(F)F)c3)OC(=O)N3CCC(n4nc(-c5ccccc5)[nH]c4=O)CC3)CC2)CC1. The van der Waals surface area contributed by atoms with Crippen LogP contribution in [-0.2, 0) is 22.1 Å². The van der Waals surface area contributed by atoms with Crippen molar-refractivity contribution in [1.29, 1.82) is 0 Å². The van der Waals surface area contributed by atoms with E-state index in [1.807, 2.05) is 30.3 Å². The van der Waals surface area contributed by atoms with Gasteiger partial charge in [0, 0.05) is 61.8 Å². The molecule has 3 aliphatic rings. The second kappa shape index (κ2) is 15.8. The minimum absolute atomic E-state index is 0.0415. The molecular weight excluding hydrogens is 733 g/mol. The molecule has 12 nitrogen and oxygen atoms in total. The Kier molecular flexibility index (Phi) is 11.4.